The first-order chi connectivity index (χ1) is 10.4. The van der Waals surface area contributed by atoms with Crippen molar-refractivity contribution in [1.82, 2.24) is 0 Å². The van der Waals surface area contributed by atoms with Gasteiger partial charge in [0.1, 0.15) is 5.75 Å². The van der Waals surface area contributed by atoms with E-state index in [0.29, 0.717) is 22.7 Å². The Morgan fingerprint density at radius 1 is 1.05 bits per heavy atom. The molecule has 0 bridgehead atoms. The molecule has 0 atom stereocenters. The fourth-order valence-corrected chi connectivity index (χ4v) is 2.16. The highest BCUT2D eigenvalue weighted by molar-refractivity contribution is 6.02. The van der Waals surface area contributed by atoms with Crippen LogP contribution in [0.1, 0.15) is 12.0 Å². The van der Waals surface area contributed by atoms with Crippen LogP contribution in [0.4, 0.5) is 13.2 Å². The van der Waals surface area contributed by atoms with E-state index in [1.807, 2.05) is 0 Å². The van der Waals surface area contributed by atoms with Gasteiger partial charge in [-0.2, -0.15) is 13.2 Å². The highest BCUT2D eigenvalue weighted by Crippen LogP contribution is 2.34. The van der Waals surface area contributed by atoms with Crippen molar-refractivity contribution in [3.05, 3.63) is 59.7 Å². The predicted octanol–water partition coefficient (Wildman–Crippen LogP) is 4.26. The molecule has 1 aliphatic rings. The number of rotatable bonds is 3. The van der Waals surface area contributed by atoms with Crippen molar-refractivity contribution < 1.29 is 22.3 Å². The number of benzene rings is 1. The minimum atomic E-state index is -4.28. The quantitative estimate of drug-likeness (QED) is 0.764. The topological polar surface area (TPSA) is 20.5 Å². The Morgan fingerprint density at radius 3 is 2.09 bits per heavy atom. The Bertz CT molecular complexity index is 629. The molecule has 1 aromatic carbocycles. The first-order valence-electron chi connectivity index (χ1n) is 6.64. The van der Waals surface area contributed by atoms with E-state index < -0.39 is 12.6 Å². The monoisotopic (exact) mass is 309 g/mol. The molecule has 116 valence electrons. The summed E-state index contributed by atoms with van der Waals surface area (Å²) in [6.07, 6.45) is 1.28. The third-order valence-corrected chi connectivity index (χ3v) is 3.25. The van der Waals surface area contributed by atoms with Crippen LogP contribution in [0.2, 0.25) is 0 Å². The molecule has 0 saturated carbocycles. The van der Waals surface area contributed by atoms with Gasteiger partial charge < -0.3 is 4.74 Å². The third kappa shape index (κ3) is 4.10. The van der Waals surface area contributed by atoms with Crippen LogP contribution in [0.3, 0.4) is 0 Å². The summed E-state index contributed by atoms with van der Waals surface area (Å²) < 4.78 is 48.8. The minimum absolute atomic E-state index is 0.220. The summed E-state index contributed by atoms with van der Waals surface area (Å²) in [5, 5.41) is 0. The summed E-state index contributed by atoms with van der Waals surface area (Å²) in [5.74, 6) is 1.20. The second-order valence-electron chi connectivity index (χ2n) is 4.73. The molecule has 0 saturated heterocycles. The van der Waals surface area contributed by atoms with Crippen LogP contribution >= 0.6 is 0 Å². The number of hydrogen-bond donors (Lipinski definition) is 0. The maximum absolute atomic E-state index is 12.9. The average molecular weight is 309 g/mol. The summed E-state index contributed by atoms with van der Waals surface area (Å²) in [4.78, 5) is 0. The van der Waals surface area contributed by atoms with Crippen LogP contribution in [-0.4, -0.2) is 26.2 Å². The lowest BCUT2D eigenvalue weighted by molar-refractivity contribution is -0.417. The largest absolute Gasteiger partial charge is 0.497 e. The number of halogens is 3. The van der Waals surface area contributed by atoms with Gasteiger partial charge in [0.05, 0.1) is 13.5 Å². The Kier molecular flexibility index (Phi) is 4.85. The molecule has 0 heterocycles. The molecule has 0 fully saturated rings. The van der Waals surface area contributed by atoms with E-state index in [4.69, 9.17) is 9.16 Å². The standard InChI is InChI=1S/C17H16F3O2/c1-21-14-7-3-12(4-8-14)16(11-17(18,19)20)13-5-9-15(22-2)10-6-13/h3-10H,11H2,1-2H3/q+1. The van der Waals surface area contributed by atoms with Crippen molar-refractivity contribution >= 4 is 11.4 Å². The zero-order valence-electron chi connectivity index (χ0n) is 12.3. The molecule has 1 aliphatic carbocycles. The number of allylic oxidation sites excluding steroid dienone is 6. The maximum Gasteiger partial charge on any atom is 0.393 e. The van der Waals surface area contributed by atoms with Gasteiger partial charge in [-0.05, 0) is 41.0 Å². The number of hydrogen-bond acceptors (Lipinski definition) is 1. The third-order valence-electron chi connectivity index (χ3n) is 3.25. The second kappa shape index (κ2) is 6.64. The van der Waals surface area contributed by atoms with Crippen LogP contribution in [0.15, 0.2) is 54.1 Å². The number of carbonyl (C=O) groups excluding carboxylic acids is 1. The summed E-state index contributed by atoms with van der Waals surface area (Å²) >= 11 is 0. The SMILES string of the molecule is COc1ccc(C(CC(F)(F)F)=C2C=CC(=[O+]C)C=C2)cc1. The van der Waals surface area contributed by atoms with Gasteiger partial charge in [0, 0.05) is 12.2 Å². The predicted molar refractivity (Wildman–Crippen MR) is 79.8 cm³/mol. The van der Waals surface area contributed by atoms with E-state index in [1.165, 1.54) is 14.2 Å². The van der Waals surface area contributed by atoms with Gasteiger partial charge in [0.2, 0.25) is 0 Å². The van der Waals surface area contributed by atoms with E-state index in [-0.39, 0.29) is 5.57 Å². The molecule has 0 spiro atoms. The molecule has 2 rings (SSSR count). The van der Waals surface area contributed by atoms with E-state index in [0.717, 1.165) is 0 Å². The molecule has 0 aromatic heterocycles. The lowest BCUT2D eigenvalue weighted by Crippen LogP contribution is -2.10. The molecular weight excluding hydrogens is 293 g/mol. The van der Waals surface area contributed by atoms with Crippen LogP contribution in [-0.2, 0) is 4.42 Å². The zero-order valence-corrected chi connectivity index (χ0v) is 12.3. The molecule has 1 aromatic rings. The fourth-order valence-electron chi connectivity index (χ4n) is 2.16. The lowest BCUT2D eigenvalue weighted by atomic mass is 9.94. The van der Waals surface area contributed by atoms with Gasteiger partial charge in [-0.1, -0.05) is 12.1 Å². The summed E-state index contributed by atoms with van der Waals surface area (Å²) in [6, 6.07) is 6.55. The van der Waals surface area contributed by atoms with Gasteiger partial charge in [-0.15, -0.1) is 0 Å². The first-order valence-corrected chi connectivity index (χ1v) is 6.64. The minimum Gasteiger partial charge on any atom is -0.497 e. The Labute approximate surface area is 126 Å². The molecule has 0 radical (unpaired) electrons. The number of alkyl halides is 3. The van der Waals surface area contributed by atoms with Gasteiger partial charge in [-0.25, -0.2) is 0 Å². The van der Waals surface area contributed by atoms with Crippen LogP contribution < -0.4 is 4.74 Å². The maximum atomic E-state index is 12.9. The van der Waals surface area contributed by atoms with Gasteiger partial charge in [0.15, 0.2) is 0 Å². The molecule has 2 nitrogen and oxygen atoms in total. The molecule has 5 heteroatoms. The number of ether oxygens (including phenoxy) is 1. The Hall–Kier alpha value is -2.30. The molecule has 0 unspecified atom stereocenters. The van der Waals surface area contributed by atoms with Crippen molar-refractivity contribution in [1.29, 1.82) is 0 Å². The van der Waals surface area contributed by atoms with E-state index >= 15 is 0 Å². The van der Waals surface area contributed by atoms with Crippen molar-refractivity contribution in [3.8, 4) is 5.75 Å². The summed E-state index contributed by atoms with van der Waals surface area (Å²) in [5.41, 5.74) is 1.25. The second-order valence-corrected chi connectivity index (χ2v) is 4.73. The van der Waals surface area contributed by atoms with Crippen LogP contribution in [0.5, 0.6) is 5.75 Å². The van der Waals surface area contributed by atoms with Gasteiger partial charge >= 0.3 is 12.0 Å². The van der Waals surface area contributed by atoms with Crippen molar-refractivity contribution in [2.75, 3.05) is 14.2 Å². The highest BCUT2D eigenvalue weighted by Gasteiger charge is 2.30. The van der Waals surface area contributed by atoms with Crippen LogP contribution in [0.25, 0.3) is 5.57 Å². The van der Waals surface area contributed by atoms with Crippen LogP contribution in [0, 0.1) is 0 Å². The van der Waals surface area contributed by atoms with Gasteiger partial charge in [0.25, 0.3) is 7.11 Å². The Morgan fingerprint density at radius 2 is 1.64 bits per heavy atom. The van der Waals surface area contributed by atoms with Crippen molar-refractivity contribution in [2.45, 2.75) is 12.6 Å². The fraction of sp³-hybridized carbons (Fsp3) is 0.235. The molecule has 0 aliphatic heterocycles. The zero-order chi connectivity index (χ0) is 16.2. The first kappa shape index (κ1) is 16.1. The summed E-state index contributed by atoms with van der Waals surface area (Å²) in [7, 11) is 3.03. The van der Waals surface area contributed by atoms with E-state index in [2.05, 4.69) is 0 Å². The van der Waals surface area contributed by atoms with E-state index in [1.54, 1.807) is 48.6 Å². The van der Waals surface area contributed by atoms with Gasteiger partial charge in [-0.3, -0.25) is 4.42 Å². The molecule has 22 heavy (non-hydrogen) atoms. The molecule has 0 amide bonds. The number of ketones is 1. The van der Waals surface area contributed by atoms with E-state index in [9.17, 15) is 13.2 Å². The average Bonchev–Trinajstić information content (AvgIpc) is 2.52. The lowest BCUT2D eigenvalue weighted by Gasteiger charge is -2.15. The number of methoxy groups -OCH3 is 1. The molecular formula is C17H16F3O2+. The summed E-state index contributed by atoms with van der Waals surface area (Å²) in [6.45, 7) is 0. The van der Waals surface area contributed by atoms with Crippen molar-refractivity contribution in [2.24, 2.45) is 0 Å². The smallest absolute Gasteiger partial charge is 0.393 e. The van der Waals surface area contributed by atoms with Crippen molar-refractivity contribution in [3.63, 3.8) is 0 Å². The normalized spacial score (nSPS) is 14.2. The Balaban J connectivity index is 2.45. The molecule has 0 N–H and O–H groups in total. The highest BCUT2D eigenvalue weighted by atomic mass is 19.4.